The maximum atomic E-state index is 12.0. The standard InChI is InChI=1S/C14H17NO2/c1-8-2-3-12(13(16)4-8)15-14(17)11-6-9-5-10(9)7-11/h2-4,9-11,16H,5-7H2,1H3,(H,15,17). The molecule has 0 bridgehead atoms. The Balaban J connectivity index is 1.67. The first kappa shape index (κ1) is 10.6. The monoisotopic (exact) mass is 231 g/mol. The van der Waals surface area contributed by atoms with Gasteiger partial charge >= 0.3 is 0 Å². The van der Waals surface area contributed by atoms with Crippen LogP contribution in [0.4, 0.5) is 5.69 Å². The molecule has 3 heteroatoms. The van der Waals surface area contributed by atoms with Gasteiger partial charge in [0.15, 0.2) is 0 Å². The van der Waals surface area contributed by atoms with E-state index in [1.807, 2.05) is 13.0 Å². The third kappa shape index (κ3) is 2.02. The Kier molecular flexibility index (Phi) is 2.35. The Morgan fingerprint density at radius 1 is 1.29 bits per heavy atom. The molecule has 2 unspecified atom stereocenters. The number of hydrogen-bond acceptors (Lipinski definition) is 2. The predicted octanol–water partition coefficient (Wildman–Crippen LogP) is 2.69. The summed E-state index contributed by atoms with van der Waals surface area (Å²) in [6, 6.07) is 5.32. The second-order valence-corrected chi connectivity index (χ2v) is 5.43. The van der Waals surface area contributed by atoms with E-state index in [4.69, 9.17) is 0 Å². The number of fused-ring (bicyclic) bond motifs is 1. The molecule has 0 spiro atoms. The molecule has 2 N–H and O–H groups in total. The molecular formula is C14H17NO2. The molecule has 17 heavy (non-hydrogen) atoms. The Labute approximate surface area is 101 Å². The Morgan fingerprint density at radius 3 is 2.65 bits per heavy atom. The molecule has 1 aromatic carbocycles. The van der Waals surface area contributed by atoms with Gasteiger partial charge in [0.05, 0.1) is 5.69 Å². The zero-order chi connectivity index (χ0) is 12.0. The Bertz CT molecular complexity index is 459. The number of carbonyl (C=O) groups is 1. The normalized spacial score (nSPS) is 29.8. The van der Waals surface area contributed by atoms with Crippen LogP contribution in [0.3, 0.4) is 0 Å². The molecule has 2 atom stereocenters. The lowest BCUT2D eigenvalue weighted by Crippen LogP contribution is -2.21. The zero-order valence-electron chi connectivity index (χ0n) is 9.94. The van der Waals surface area contributed by atoms with Gasteiger partial charge in [-0.25, -0.2) is 0 Å². The summed E-state index contributed by atoms with van der Waals surface area (Å²) < 4.78 is 0. The van der Waals surface area contributed by atoms with E-state index >= 15 is 0 Å². The van der Waals surface area contributed by atoms with Crippen LogP contribution in [0.5, 0.6) is 5.75 Å². The highest BCUT2D eigenvalue weighted by Crippen LogP contribution is 2.54. The summed E-state index contributed by atoms with van der Waals surface area (Å²) in [5, 5.41) is 12.6. The highest BCUT2D eigenvalue weighted by molar-refractivity contribution is 5.94. The summed E-state index contributed by atoms with van der Waals surface area (Å²) in [4.78, 5) is 12.0. The number of carbonyl (C=O) groups excluding carboxylic acids is 1. The summed E-state index contributed by atoms with van der Waals surface area (Å²) in [6.45, 7) is 1.91. The first-order valence-corrected chi connectivity index (χ1v) is 6.24. The van der Waals surface area contributed by atoms with Crippen molar-refractivity contribution in [1.29, 1.82) is 0 Å². The number of amides is 1. The summed E-state index contributed by atoms with van der Waals surface area (Å²) >= 11 is 0. The van der Waals surface area contributed by atoms with E-state index in [1.54, 1.807) is 12.1 Å². The maximum absolute atomic E-state index is 12.0. The number of phenols is 1. The number of rotatable bonds is 2. The summed E-state index contributed by atoms with van der Waals surface area (Å²) in [7, 11) is 0. The number of nitrogens with one attached hydrogen (secondary N) is 1. The van der Waals surface area contributed by atoms with Gasteiger partial charge in [-0.3, -0.25) is 4.79 Å². The molecule has 0 heterocycles. The highest BCUT2D eigenvalue weighted by Gasteiger charge is 2.48. The summed E-state index contributed by atoms with van der Waals surface area (Å²) in [6.07, 6.45) is 3.38. The molecular weight excluding hydrogens is 214 g/mol. The predicted molar refractivity (Wildman–Crippen MR) is 65.8 cm³/mol. The fraction of sp³-hybridized carbons (Fsp3) is 0.500. The van der Waals surface area contributed by atoms with Crippen molar-refractivity contribution in [2.45, 2.75) is 26.2 Å². The van der Waals surface area contributed by atoms with E-state index in [1.165, 1.54) is 6.42 Å². The fourth-order valence-corrected chi connectivity index (χ4v) is 2.91. The lowest BCUT2D eigenvalue weighted by Gasteiger charge is -2.13. The van der Waals surface area contributed by atoms with Crippen LogP contribution < -0.4 is 5.32 Å². The van der Waals surface area contributed by atoms with Gasteiger partial charge in [0.25, 0.3) is 0 Å². The molecule has 3 nitrogen and oxygen atoms in total. The third-order valence-electron chi connectivity index (χ3n) is 4.03. The van der Waals surface area contributed by atoms with Crippen LogP contribution in [0, 0.1) is 24.7 Å². The Hall–Kier alpha value is -1.51. The second-order valence-electron chi connectivity index (χ2n) is 5.43. The zero-order valence-corrected chi connectivity index (χ0v) is 9.94. The first-order valence-electron chi connectivity index (χ1n) is 6.24. The van der Waals surface area contributed by atoms with Crippen molar-refractivity contribution in [3.63, 3.8) is 0 Å². The van der Waals surface area contributed by atoms with Crippen LogP contribution >= 0.6 is 0 Å². The van der Waals surface area contributed by atoms with Crippen molar-refractivity contribution in [1.82, 2.24) is 0 Å². The average molecular weight is 231 g/mol. The maximum Gasteiger partial charge on any atom is 0.227 e. The SMILES string of the molecule is Cc1ccc(NC(=O)C2CC3CC3C2)c(O)c1. The van der Waals surface area contributed by atoms with E-state index in [9.17, 15) is 9.90 Å². The molecule has 2 aliphatic carbocycles. The molecule has 1 amide bonds. The van der Waals surface area contributed by atoms with Crippen molar-refractivity contribution >= 4 is 11.6 Å². The average Bonchev–Trinajstić information content (AvgIpc) is 2.89. The molecule has 0 aliphatic heterocycles. The van der Waals surface area contributed by atoms with Crippen LogP contribution in [0.25, 0.3) is 0 Å². The number of anilines is 1. The number of benzene rings is 1. The minimum absolute atomic E-state index is 0.0661. The van der Waals surface area contributed by atoms with Gasteiger partial charge < -0.3 is 10.4 Å². The minimum atomic E-state index is 0.0661. The lowest BCUT2D eigenvalue weighted by atomic mass is 10.0. The smallest absolute Gasteiger partial charge is 0.227 e. The van der Waals surface area contributed by atoms with E-state index in [2.05, 4.69) is 5.32 Å². The molecule has 0 aromatic heterocycles. The van der Waals surface area contributed by atoms with E-state index in [0.29, 0.717) is 5.69 Å². The van der Waals surface area contributed by atoms with Gasteiger partial charge in [-0.05, 0) is 55.7 Å². The lowest BCUT2D eigenvalue weighted by molar-refractivity contribution is -0.120. The molecule has 3 rings (SSSR count). The molecule has 2 aliphatic rings. The largest absolute Gasteiger partial charge is 0.506 e. The molecule has 0 radical (unpaired) electrons. The van der Waals surface area contributed by atoms with Crippen LogP contribution in [-0.2, 0) is 4.79 Å². The quantitative estimate of drug-likeness (QED) is 0.769. The summed E-state index contributed by atoms with van der Waals surface area (Å²) in [5.41, 5.74) is 1.52. The van der Waals surface area contributed by atoms with Crippen molar-refractivity contribution in [2.24, 2.45) is 17.8 Å². The number of aryl methyl sites for hydroxylation is 1. The topological polar surface area (TPSA) is 49.3 Å². The van der Waals surface area contributed by atoms with Crippen LogP contribution in [-0.4, -0.2) is 11.0 Å². The van der Waals surface area contributed by atoms with E-state index in [-0.39, 0.29) is 17.6 Å². The Morgan fingerprint density at radius 2 is 2.00 bits per heavy atom. The number of hydrogen-bond donors (Lipinski definition) is 2. The number of phenolic OH excluding ortho intramolecular Hbond substituents is 1. The van der Waals surface area contributed by atoms with E-state index < -0.39 is 0 Å². The first-order chi connectivity index (χ1) is 8.13. The van der Waals surface area contributed by atoms with Gasteiger partial charge in [0.1, 0.15) is 5.75 Å². The third-order valence-corrected chi connectivity index (χ3v) is 4.03. The molecule has 2 fully saturated rings. The molecule has 0 saturated heterocycles. The van der Waals surface area contributed by atoms with Gasteiger partial charge in [0, 0.05) is 5.92 Å². The minimum Gasteiger partial charge on any atom is -0.506 e. The van der Waals surface area contributed by atoms with Crippen LogP contribution in [0.2, 0.25) is 0 Å². The van der Waals surface area contributed by atoms with E-state index in [0.717, 1.165) is 30.2 Å². The molecule has 90 valence electrons. The van der Waals surface area contributed by atoms with Crippen LogP contribution in [0.1, 0.15) is 24.8 Å². The van der Waals surface area contributed by atoms with Gasteiger partial charge in [-0.15, -0.1) is 0 Å². The van der Waals surface area contributed by atoms with Gasteiger partial charge in [0.2, 0.25) is 5.91 Å². The molecule has 2 saturated carbocycles. The van der Waals surface area contributed by atoms with Crippen molar-refractivity contribution in [2.75, 3.05) is 5.32 Å². The highest BCUT2D eigenvalue weighted by atomic mass is 16.3. The summed E-state index contributed by atoms with van der Waals surface area (Å²) in [5.74, 6) is 1.98. The van der Waals surface area contributed by atoms with Gasteiger partial charge in [-0.1, -0.05) is 6.07 Å². The van der Waals surface area contributed by atoms with Crippen molar-refractivity contribution in [3.05, 3.63) is 23.8 Å². The van der Waals surface area contributed by atoms with Crippen LogP contribution in [0.15, 0.2) is 18.2 Å². The fourth-order valence-electron chi connectivity index (χ4n) is 2.91. The van der Waals surface area contributed by atoms with Gasteiger partial charge in [-0.2, -0.15) is 0 Å². The van der Waals surface area contributed by atoms with Crippen molar-refractivity contribution < 1.29 is 9.90 Å². The number of aromatic hydroxyl groups is 1. The second kappa shape index (κ2) is 3.76. The molecule has 1 aromatic rings. The van der Waals surface area contributed by atoms with Crippen molar-refractivity contribution in [3.8, 4) is 5.75 Å².